The maximum absolute atomic E-state index is 12.2. The Morgan fingerprint density at radius 2 is 2.05 bits per heavy atom. The number of piperazine rings is 1. The molecule has 1 aromatic rings. The molecular formula is C15H20N2O2. The summed E-state index contributed by atoms with van der Waals surface area (Å²) in [7, 11) is 1.90. The summed E-state index contributed by atoms with van der Waals surface area (Å²) < 4.78 is 0. The van der Waals surface area contributed by atoms with E-state index in [9.17, 15) is 9.59 Å². The van der Waals surface area contributed by atoms with Crippen LogP contribution in [0.5, 0.6) is 0 Å². The highest BCUT2D eigenvalue weighted by Crippen LogP contribution is 2.19. The summed E-state index contributed by atoms with van der Waals surface area (Å²) in [5.41, 5.74) is 0.361. The molecule has 0 saturated carbocycles. The van der Waals surface area contributed by atoms with Crippen LogP contribution in [-0.4, -0.2) is 41.8 Å². The number of amides is 1. The number of carbonyl (C=O) groups is 2. The number of benzene rings is 1. The number of nitrogens with one attached hydrogen (secondary N) is 1. The van der Waals surface area contributed by atoms with Crippen LogP contribution in [0.25, 0.3) is 0 Å². The van der Waals surface area contributed by atoms with E-state index in [1.807, 2.05) is 42.3 Å². The number of rotatable bonds is 3. The number of carbonyl (C=O) groups excluding carboxylic acids is 2. The summed E-state index contributed by atoms with van der Waals surface area (Å²) in [6.07, 6.45) is 0.664. The van der Waals surface area contributed by atoms with Crippen molar-refractivity contribution in [3.63, 3.8) is 0 Å². The van der Waals surface area contributed by atoms with Crippen LogP contribution in [0.1, 0.15) is 19.4 Å². The minimum absolute atomic E-state index is 0.00846. The van der Waals surface area contributed by atoms with Crippen LogP contribution >= 0.6 is 0 Å². The summed E-state index contributed by atoms with van der Waals surface area (Å²) in [6.45, 7) is 3.85. The Balaban J connectivity index is 2.13. The van der Waals surface area contributed by atoms with Crippen LogP contribution in [0.15, 0.2) is 30.3 Å². The van der Waals surface area contributed by atoms with Crippen molar-refractivity contribution in [2.75, 3.05) is 13.6 Å². The van der Waals surface area contributed by atoms with Gasteiger partial charge in [0.15, 0.2) is 5.78 Å². The minimum atomic E-state index is -0.765. The molecule has 4 nitrogen and oxygen atoms in total. The van der Waals surface area contributed by atoms with E-state index in [0.29, 0.717) is 13.0 Å². The summed E-state index contributed by atoms with van der Waals surface area (Å²) in [6, 6.07) is 9.71. The van der Waals surface area contributed by atoms with Gasteiger partial charge in [0.05, 0.1) is 6.04 Å². The fourth-order valence-corrected chi connectivity index (χ4v) is 2.49. The van der Waals surface area contributed by atoms with Gasteiger partial charge in [-0.15, -0.1) is 0 Å². The normalized spacial score (nSPS) is 27.9. The third kappa shape index (κ3) is 2.84. The fourth-order valence-electron chi connectivity index (χ4n) is 2.49. The number of hydrogen-bond donors (Lipinski definition) is 1. The summed E-state index contributed by atoms with van der Waals surface area (Å²) in [5.74, 6) is -0.0823. The van der Waals surface area contributed by atoms with Crippen molar-refractivity contribution in [1.82, 2.24) is 10.2 Å². The molecule has 1 heterocycles. The highest BCUT2D eigenvalue weighted by atomic mass is 16.2. The topological polar surface area (TPSA) is 49.4 Å². The summed E-state index contributed by atoms with van der Waals surface area (Å²) in [4.78, 5) is 25.8. The van der Waals surface area contributed by atoms with E-state index in [1.54, 1.807) is 6.92 Å². The average molecular weight is 260 g/mol. The van der Waals surface area contributed by atoms with Gasteiger partial charge < -0.3 is 5.32 Å². The van der Waals surface area contributed by atoms with Crippen LogP contribution in [0.2, 0.25) is 0 Å². The lowest BCUT2D eigenvalue weighted by atomic mass is 9.90. The van der Waals surface area contributed by atoms with Gasteiger partial charge in [0.1, 0.15) is 5.54 Å². The van der Waals surface area contributed by atoms with E-state index >= 15 is 0 Å². The second kappa shape index (κ2) is 5.13. The van der Waals surface area contributed by atoms with Gasteiger partial charge in [-0.1, -0.05) is 30.3 Å². The molecule has 2 rings (SSSR count). The molecule has 1 aliphatic heterocycles. The van der Waals surface area contributed by atoms with Crippen molar-refractivity contribution in [1.29, 1.82) is 0 Å². The zero-order valence-electron chi connectivity index (χ0n) is 11.6. The lowest BCUT2D eigenvalue weighted by Gasteiger charge is -2.42. The van der Waals surface area contributed by atoms with Gasteiger partial charge in [-0.2, -0.15) is 0 Å². The molecule has 1 amide bonds. The lowest BCUT2D eigenvalue weighted by Crippen LogP contribution is -2.68. The third-order valence-electron chi connectivity index (χ3n) is 3.85. The van der Waals surface area contributed by atoms with E-state index in [1.165, 1.54) is 6.92 Å². The molecular weight excluding hydrogens is 240 g/mol. The van der Waals surface area contributed by atoms with Crippen LogP contribution < -0.4 is 5.32 Å². The number of hydrogen-bond acceptors (Lipinski definition) is 3. The van der Waals surface area contributed by atoms with Crippen molar-refractivity contribution in [3.05, 3.63) is 35.9 Å². The predicted molar refractivity (Wildman–Crippen MR) is 73.8 cm³/mol. The molecule has 0 unspecified atom stereocenters. The molecule has 4 heteroatoms. The van der Waals surface area contributed by atoms with Crippen molar-refractivity contribution in [2.45, 2.75) is 31.8 Å². The fraction of sp³-hybridized carbons (Fsp3) is 0.467. The molecule has 1 aliphatic rings. The number of nitrogens with zero attached hydrogens (tertiary/aromatic N) is 1. The molecule has 0 radical (unpaired) electrons. The number of likely N-dealkylation sites (N-methyl/N-ethyl adjacent to an activating group) is 1. The highest BCUT2D eigenvalue weighted by molar-refractivity contribution is 5.94. The molecule has 0 aliphatic carbocycles. The van der Waals surface area contributed by atoms with E-state index in [4.69, 9.17) is 0 Å². The molecule has 1 aromatic carbocycles. The standard InChI is InChI=1S/C15H20N2O2/c1-11(18)15(2)10-17(3)13(14(19)16-15)9-12-7-5-4-6-8-12/h4-8,13H,9-10H2,1-3H3,(H,16,19)/t13-,15+/m0/s1. The lowest BCUT2D eigenvalue weighted by molar-refractivity contribution is -0.139. The molecule has 0 spiro atoms. The Bertz CT molecular complexity index is 486. The Morgan fingerprint density at radius 1 is 1.42 bits per heavy atom. The van der Waals surface area contributed by atoms with Crippen LogP contribution in [-0.2, 0) is 16.0 Å². The van der Waals surface area contributed by atoms with Crippen LogP contribution in [0, 0.1) is 0 Å². The van der Waals surface area contributed by atoms with Gasteiger partial charge in [0.2, 0.25) is 5.91 Å². The second-order valence-corrected chi connectivity index (χ2v) is 5.50. The Hall–Kier alpha value is -1.68. The Kier molecular flexibility index (Phi) is 3.71. The van der Waals surface area contributed by atoms with Crippen molar-refractivity contribution < 1.29 is 9.59 Å². The monoisotopic (exact) mass is 260 g/mol. The first-order chi connectivity index (χ1) is 8.92. The first kappa shape index (κ1) is 13.7. The van der Waals surface area contributed by atoms with E-state index in [2.05, 4.69) is 5.32 Å². The Labute approximate surface area is 113 Å². The van der Waals surface area contributed by atoms with Gasteiger partial charge in [0.25, 0.3) is 0 Å². The van der Waals surface area contributed by atoms with Crippen molar-refractivity contribution in [2.24, 2.45) is 0 Å². The highest BCUT2D eigenvalue weighted by Gasteiger charge is 2.42. The van der Waals surface area contributed by atoms with Crippen molar-refractivity contribution >= 4 is 11.7 Å². The van der Waals surface area contributed by atoms with Gasteiger partial charge in [-0.05, 0) is 32.9 Å². The molecule has 1 fully saturated rings. The molecule has 102 valence electrons. The number of Topliss-reactive ketones (excluding diaryl/α,β-unsaturated/α-hetero) is 1. The van der Waals surface area contributed by atoms with Gasteiger partial charge in [-0.25, -0.2) is 0 Å². The molecule has 1 N–H and O–H groups in total. The van der Waals surface area contributed by atoms with E-state index in [0.717, 1.165) is 5.56 Å². The minimum Gasteiger partial charge on any atom is -0.341 e. The van der Waals surface area contributed by atoms with Gasteiger partial charge in [-0.3, -0.25) is 14.5 Å². The quantitative estimate of drug-likeness (QED) is 0.882. The van der Waals surface area contributed by atoms with Crippen LogP contribution in [0.4, 0.5) is 0 Å². The summed E-state index contributed by atoms with van der Waals surface area (Å²) >= 11 is 0. The maximum Gasteiger partial charge on any atom is 0.238 e. The first-order valence-corrected chi connectivity index (χ1v) is 6.49. The van der Waals surface area contributed by atoms with E-state index in [-0.39, 0.29) is 17.7 Å². The summed E-state index contributed by atoms with van der Waals surface area (Å²) in [5, 5.41) is 2.86. The number of ketones is 1. The smallest absolute Gasteiger partial charge is 0.238 e. The molecule has 2 atom stereocenters. The maximum atomic E-state index is 12.2. The van der Waals surface area contributed by atoms with Crippen LogP contribution in [0.3, 0.4) is 0 Å². The van der Waals surface area contributed by atoms with E-state index < -0.39 is 5.54 Å². The zero-order valence-corrected chi connectivity index (χ0v) is 11.6. The molecule has 0 bridgehead atoms. The SMILES string of the molecule is CC(=O)[C@@]1(C)CN(C)[C@@H](Cc2ccccc2)C(=O)N1. The molecule has 19 heavy (non-hydrogen) atoms. The zero-order chi connectivity index (χ0) is 14.0. The van der Waals surface area contributed by atoms with Gasteiger partial charge in [0, 0.05) is 6.54 Å². The average Bonchev–Trinajstić information content (AvgIpc) is 2.35. The largest absolute Gasteiger partial charge is 0.341 e. The van der Waals surface area contributed by atoms with Crippen molar-refractivity contribution in [3.8, 4) is 0 Å². The molecule has 1 saturated heterocycles. The predicted octanol–water partition coefficient (Wildman–Crippen LogP) is 1.01. The second-order valence-electron chi connectivity index (χ2n) is 5.50. The Morgan fingerprint density at radius 3 is 2.58 bits per heavy atom. The van der Waals surface area contributed by atoms with Gasteiger partial charge >= 0.3 is 0 Å². The molecule has 0 aromatic heterocycles. The first-order valence-electron chi connectivity index (χ1n) is 6.49. The third-order valence-corrected chi connectivity index (χ3v) is 3.85.